The Hall–Kier alpha value is -0.900. The van der Waals surface area contributed by atoms with Gasteiger partial charge in [-0.05, 0) is 70.6 Å². The number of benzene rings is 1. The Bertz CT molecular complexity index is 436. The fourth-order valence-corrected chi connectivity index (χ4v) is 3.17. The highest BCUT2D eigenvalue weighted by molar-refractivity contribution is 5.32. The molecule has 1 aromatic rings. The number of hydrogen-bond acceptors (Lipinski definition) is 3. The molecule has 0 aliphatic carbocycles. The van der Waals surface area contributed by atoms with E-state index in [0.29, 0.717) is 18.6 Å². The monoisotopic (exact) mass is 275 g/mol. The molecule has 1 heterocycles. The molecule has 0 saturated carbocycles. The van der Waals surface area contributed by atoms with E-state index in [1.54, 1.807) is 0 Å². The number of hydrogen-bond donors (Lipinski definition) is 1. The van der Waals surface area contributed by atoms with Crippen LogP contribution in [0.3, 0.4) is 0 Å². The highest BCUT2D eigenvalue weighted by Gasteiger charge is 2.26. The van der Waals surface area contributed by atoms with Crippen LogP contribution in [0.1, 0.15) is 35.6 Å². The normalized spacial score (nSPS) is 19.5. The molecule has 1 aromatic carbocycles. The van der Waals surface area contributed by atoms with Gasteiger partial charge in [0, 0.05) is 18.6 Å². The molecule has 1 fully saturated rings. The molecule has 0 radical (unpaired) electrons. The maximum atomic E-state index is 6.08. The molecule has 2 N–H and O–H groups in total. The number of aryl methyl sites for hydroxylation is 2. The van der Waals surface area contributed by atoms with Gasteiger partial charge in [-0.1, -0.05) is 18.2 Å². The van der Waals surface area contributed by atoms with Crippen molar-refractivity contribution in [1.29, 1.82) is 0 Å². The minimum absolute atomic E-state index is 0.336. The third kappa shape index (κ3) is 3.40. The van der Waals surface area contributed by atoms with Gasteiger partial charge >= 0.3 is 0 Å². The van der Waals surface area contributed by atoms with E-state index in [2.05, 4.69) is 55.9 Å². The summed E-state index contributed by atoms with van der Waals surface area (Å²) in [4.78, 5) is 4.91. The van der Waals surface area contributed by atoms with E-state index in [1.165, 1.54) is 42.6 Å². The van der Waals surface area contributed by atoms with Crippen molar-refractivity contribution in [3.8, 4) is 0 Å². The van der Waals surface area contributed by atoms with Crippen molar-refractivity contribution in [3.63, 3.8) is 0 Å². The first kappa shape index (κ1) is 15.5. The van der Waals surface area contributed by atoms with Crippen LogP contribution in [0.4, 0.5) is 0 Å². The summed E-state index contributed by atoms with van der Waals surface area (Å²) in [5.41, 5.74) is 10.1. The van der Waals surface area contributed by atoms with Crippen LogP contribution in [0.5, 0.6) is 0 Å². The van der Waals surface area contributed by atoms with Gasteiger partial charge in [0.25, 0.3) is 0 Å². The van der Waals surface area contributed by atoms with Crippen LogP contribution in [0.25, 0.3) is 0 Å². The lowest BCUT2D eigenvalue weighted by Gasteiger charge is -2.39. The summed E-state index contributed by atoms with van der Waals surface area (Å²) < 4.78 is 0. The number of likely N-dealkylation sites (tertiary alicyclic amines) is 1. The predicted octanol–water partition coefficient (Wildman–Crippen LogP) is 2.33. The fourth-order valence-electron chi connectivity index (χ4n) is 3.17. The average Bonchev–Trinajstić information content (AvgIpc) is 2.44. The second kappa shape index (κ2) is 6.70. The Balaban J connectivity index is 2.12. The summed E-state index contributed by atoms with van der Waals surface area (Å²) >= 11 is 0. The molecule has 1 saturated heterocycles. The average molecular weight is 275 g/mol. The lowest BCUT2D eigenvalue weighted by molar-refractivity contribution is 0.109. The minimum Gasteiger partial charge on any atom is -0.329 e. The summed E-state index contributed by atoms with van der Waals surface area (Å²) in [5.74, 6) is 0. The van der Waals surface area contributed by atoms with Crippen LogP contribution >= 0.6 is 0 Å². The largest absolute Gasteiger partial charge is 0.329 e. The Labute approximate surface area is 123 Å². The molecule has 3 heteroatoms. The van der Waals surface area contributed by atoms with Gasteiger partial charge in [0.05, 0.1) is 0 Å². The Morgan fingerprint density at radius 2 is 1.90 bits per heavy atom. The van der Waals surface area contributed by atoms with Crippen LogP contribution in [0, 0.1) is 13.8 Å². The molecule has 0 aromatic heterocycles. The first-order valence-corrected chi connectivity index (χ1v) is 7.70. The molecule has 1 aliphatic heterocycles. The zero-order chi connectivity index (χ0) is 14.7. The molecule has 20 heavy (non-hydrogen) atoms. The summed E-state index contributed by atoms with van der Waals surface area (Å²) in [5, 5.41) is 0. The number of nitrogens with zero attached hydrogens (tertiary/aromatic N) is 2. The van der Waals surface area contributed by atoms with Crippen molar-refractivity contribution in [1.82, 2.24) is 9.80 Å². The number of rotatable bonds is 4. The van der Waals surface area contributed by atoms with Gasteiger partial charge in [0.15, 0.2) is 0 Å². The van der Waals surface area contributed by atoms with Crippen molar-refractivity contribution < 1.29 is 0 Å². The SMILES string of the molecule is Cc1ccc(C(CN)N(C)C2CCN(C)CC2)cc1C. The second-order valence-corrected chi connectivity index (χ2v) is 6.30. The first-order valence-electron chi connectivity index (χ1n) is 7.70. The number of nitrogens with two attached hydrogens (primary N) is 1. The summed E-state index contributed by atoms with van der Waals surface area (Å²) in [6, 6.07) is 7.75. The standard InChI is InChI=1S/C17H29N3/c1-13-5-6-15(11-14(13)2)17(12-18)20(4)16-7-9-19(3)10-8-16/h5-6,11,16-17H,7-10,12,18H2,1-4H3. The van der Waals surface area contributed by atoms with Gasteiger partial charge in [-0.15, -0.1) is 0 Å². The van der Waals surface area contributed by atoms with E-state index in [9.17, 15) is 0 Å². The zero-order valence-corrected chi connectivity index (χ0v) is 13.4. The van der Waals surface area contributed by atoms with Gasteiger partial charge in [-0.25, -0.2) is 0 Å². The maximum absolute atomic E-state index is 6.08. The smallest absolute Gasteiger partial charge is 0.0470 e. The summed E-state index contributed by atoms with van der Waals surface area (Å²) in [7, 11) is 4.45. The molecule has 0 bridgehead atoms. The van der Waals surface area contributed by atoms with Gasteiger partial charge in [-0.2, -0.15) is 0 Å². The van der Waals surface area contributed by atoms with E-state index in [0.717, 1.165) is 0 Å². The van der Waals surface area contributed by atoms with Gasteiger partial charge in [-0.3, -0.25) is 4.90 Å². The van der Waals surface area contributed by atoms with Crippen molar-refractivity contribution in [2.24, 2.45) is 5.73 Å². The van der Waals surface area contributed by atoms with Crippen LogP contribution in [0.15, 0.2) is 18.2 Å². The molecular formula is C17H29N3. The molecule has 0 spiro atoms. The second-order valence-electron chi connectivity index (χ2n) is 6.30. The van der Waals surface area contributed by atoms with Crippen molar-refractivity contribution in [3.05, 3.63) is 34.9 Å². The van der Waals surface area contributed by atoms with Crippen molar-refractivity contribution >= 4 is 0 Å². The van der Waals surface area contributed by atoms with Crippen LogP contribution in [-0.2, 0) is 0 Å². The van der Waals surface area contributed by atoms with Crippen molar-refractivity contribution in [2.45, 2.75) is 38.8 Å². The quantitative estimate of drug-likeness (QED) is 0.915. The van der Waals surface area contributed by atoms with Crippen LogP contribution in [0.2, 0.25) is 0 Å². The molecule has 2 rings (SSSR count). The van der Waals surface area contributed by atoms with Gasteiger partial charge < -0.3 is 10.6 Å². The van der Waals surface area contributed by atoms with Gasteiger partial charge in [0.2, 0.25) is 0 Å². The molecule has 1 aliphatic rings. The van der Waals surface area contributed by atoms with Crippen molar-refractivity contribution in [2.75, 3.05) is 33.7 Å². The minimum atomic E-state index is 0.336. The van der Waals surface area contributed by atoms with E-state index in [-0.39, 0.29) is 0 Å². The third-order valence-electron chi connectivity index (χ3n) is 4.89. The topological polar surface area (TPSA) is 32.5 Å². The highest BCUT2D eigenvalue weighted by Crippen LogP contribution is 2.26. The Morgan fingerprint density at radius 3 is 2.45 bits per heavy atom. The molecule has 1 atom stereocenters. The van der Waals surface area contributed by atoms with E-state index >= 15 is 0 Å². The molecule has 112 valence electrons. The summed E-state index contributed by atoms with van der Waals surface area (Å²) in [6.07, 6.45) is 2.49. The van der Waals surface area contributed by atoms with Gasteiger partial charge in [0.1, 0.15) is 0 Å². The van der Waals surface area contributed by atoms with Crippen LogP contribution in [-0.4, -0.2) is 49.6 Å². The zero-order valence-electron chi connectivity index (χ0n) is 13.4. The summed E-state index contributed by atoms with van der Waals surface area (Å²) in [6.45, 7) is 7.42. The molecule has 3 nitrogen and oxygen atoms in total. The number of likely N-dealkylation sites (N-methyl/N-ethyl adjacent to an activating group) is 1. The lowest BCUT2D eigenvalue weighted by atomic mass is 9.96. The molecule has 1 unspecified atom stereocenters. The Morgan fingerprint density at radius 1 is 1.25 bits per heavy atom. The predicted molar refractivity (Wildman–Crippen MR) is 86.0 cm³/mol. The fraction of sp³-hybridized carbons (Fsp3) is 0.647. The third-order valence-corrected chi connectivity index (χ3v) is 4.89. The molecule has 0 amide bonds. The number of piperidine rings is 1. The van der Waals surface area contributed by atoms with E-state index in [1.807, 2.05) is 0 Å². The molecular weight excluding hydrogens is 246 g/mol. The first-order chi connectivity index (χ1) is 9.52. The van der Waals surface area contributed by atoms with E-state index < -0.39 is 0 Å². The highest BCUT2D eigenvalue weighted by atomic mass is 15.2. The van der Waals surface area contributed by atoms with E-state index in [4.69, 9.17) is 5.73 Å². The maximum Gasteiger partial charge on any atom is 0.0470 e. The lowest BCUT2D eigenvalue weighted by Crippen LogP contribution is -2.45. The van der Waals surface area contributed by atoms with Crippen LogP contribution < -0.4 is 5.73 Å². The Kier molecular flexibility index (Phi) is 5.19.